The van der Waals surface area contributed by atoms with E-state index in [4.69, 9.17) is 0 Å². The molecule has 1 heteroatoms. The Morgan fingerprint density at radius 3 is 2.82 bits per heavy atom. The maximum Gasteiger partial charge on any atom is 0.0992 e. The lowest BCUT2D eigenvalue weighted by atomic mass is 10.1. The summed E-state index contributed by atoms with van der Waals surface area (Å²) >= 11 is 0. The quantitative estimate of drug-likeness (QED) is 0.609. The van der Waals surface area contributed by atoms with Gasteiger partial charge in [-0.2, -0.15) is 0 Å². The number of hydrogen-bond acceptors (Lipinski definition) is 1. The highest BCUT2D eigenvalue weighted by Gasteiger charge is 2.01. The molecule has 0 radical (unpaired) electrons. The minimum Gasteiger partial charge on any atom is -0.512 e. The summed E-state index contributed by atoms with van der Waals surface area (Å²) in [6.45, 7) is 4.10. The first-order chi connectivity index (χ1) is 5.24. The first-order valence-corrected chi connectivity index (χ1v) is 4.00. The van der Waals surface area contributed by atoms with E-state index in [1.165, 1.54) is 5.57 Å². The van der Waals surface area contributed by atoms with E-state index in [9.17, 15) is 5.11 Å². The van der Waals surface area contributed by atoms with Gasteiger partial charge in [0.1, 0.15) is 0 Å². The molecule has 1 nitrogen and oxygen atoms in total. The molecule has 0 saturated heterocycles. The first kappa shape index (κ1) is 8.12. The lowest BCUT2D eigenvalue weighted by molar-refractivity contribution is 0.394. The van der Waals surface area contributed by atoms with E-state index in [1.807, 2.05) is 25.2 Å². The molecule has 0 aromatic carbocycles. The van der Waals surface area contributed by atoms with Crippen LogP contribution in [0.5, 0.6) is 0 Å². The fourth-order valence-corrected chi connectivity index (χ4v) is 1.11. The van der Waals surface area contributed by atoms with E-state index in [-0.39, 0.29) is 0 Å². The van der Waals surface area contributed by atoms with Gasteiger partial charge in [-0.1, -0.05) is 30.7 Å². The van der Waals surface area contributed by atoms with Crippen molar-refractivity contribution in [3.8, 4) is 0 Å². The van der Waals surface area contributed by atoms with E-state index in [2.05, 4.69) is 6.92 Å². The molecular formula is C10H14O. The maximum atomic E-state index is 9.45. The lowest BCUT2D eigenvalue weighted by Crippen LogP contribution is -1.84. The highest BCUT2D eigenvalue weighted by molar-refractivity contribution is 5.33. The summed E-state index contributed by atoms with van der Waals surface area (Å²) in [5.74, 6) is 0.514. The number of aliphatic hydroxyl groups is 1. The van der Waals surface area contributed by atoms with E-state index in [1.54, 1.807) is 0 Å². The zero-order valence-corrected chi connectivity index (χ0v) is 7.09. The van der Waals surface area contributed by atoms with Gasteiger partial charge in [0, 0.05) is 6.42 Å². The summed E-state index contributed by atoms with van der Waals surface area (Å²) in [5, 5.41) is 9.45. The molecule has 60 valence electrons. The molecule has 0 unspecified atom stereocenters. The largest absolute Gasteiger partial charge is 0.512 e. The Morgan fingerprint density at radius 2 is 2.18 bits per heavy atom. The van der Waals surface area contributed by atoms with E-state index in [0.29, 0.717) is 12.2 Å². The van der Waals surface area contributed by atoms with E-state index < -0.39 is 0 Å². The van der Waals surface area contributed by atoms with Crippen molar-refractivity contribution in [2.45, 2.75) is 26.7 Å². The summed E-state index contributed by atoms with van der Waals surface area (Å²) in [7, 11) is 0. The van der Waals surface area contributed by atoms with Gasteiger partial charge in [0.25, 0.3) is 0 Å². The SMILES string of the molecule is CCC1=C(O)CC=C(C)C=C1. The van der Waals surface area contributed by atoms with Crippen LogP contribution in [0.3, 0.4) is 0 Å². The fraction of sp³-hybridized carbons (Fsp3) is 0.400. The predicted octanol–water partition coefficient (Wildman–Crippen LogP) is 3.11. The zero-order valence-electron chi connectivity index (χ0n) is 7.09. The topological polar surface area (TPSA) is 20.2 Å². The van der Waals surface area contributed by atoms with Gasteiger partial charge in [-0.25, -0.2) is 0 Å². The summed E-state index contributed by atoms with van der Waals surface area (Å²) < 4.78 is 0. The molecule has 1 aliphatic rings. The molecule has 0 aromatic rings. The average molecular weight is 150 g/mol. The van der Waals surface area contributed by atoms with Crippen molar-refractivity contribution in [3.05, 3.63) is 35.1 Å². The van der Waals surface area contributed by atoms with Crippen LogP contribution in [0.1, 0.15) is 26.7 Å². The van der Waals surface area contributed by atoms with Crippen LogP contribution in [0.15, 0.2) is 35.1 Å². The Kier molecular flexibility index (Phi) is 2.53. The van der Waals surface area contributed by atoms with Gasteiger partial charge in [0.15, 0.2) is 0 Å². The highest BCUT2D eigenvalue weighted by atomic mass is 16.3. The standard InChI is InChI=1S/C10H14O/c1-3-9-6-4-8(2)5-7-10(9)11/h4-6,11H,3,7H2,1-2H3. The number of allylic oxidation sites excluding steroid dienone is 5. The van der Waals surface area contributed by atoms with Crippen LogP contribution in [0.2, 0.25) is 0 Å². The maximum absolute atomic E-state index is 9.45. The molecular weight excluding hydrogens is 136 g/mol. The molecule has 0 atom stereocenters. The molecule has 1 rings (SSSR count). The van der Waals surface area contributed by atoms with Crippen molar-refractivity contribution in [3.63, 3.8) is 0 Å². The summed E-state index contributed by atoms with van der Waals surface area (Å²) in [5.41, 5.74) is 2.28. The van der Waals surface area contributed by atoms with Crippen LogP contribution in [-0.2, 0) is 0 Å². The number of aliphatic hydroxyl groups excluding tert-OH is 1. The number of hydrogen-bond donors (Lipinski definition) is 1. The molecule has 0 heterocycles. The fourth-order valence-electron chi connectivity index (χ4n) is 1.11. The molecule has 0 aromatic heterocycles. The summed E-state index contributed by atoms with van der Waals surface area (Å²) in [6, 6.07) is 0. The van der Waals surface area contributed by atoms with Crippen LogP contribution < -0.4 is 0 Å². The molecule has 0 aliphatic heterocycles. The van der Waals surface area contributed by atoms with Crippen LogP contribution in [-0.4, -0.2) is 5.11 Å². The second-order valence-corrected chi connectivity index (χ2v) is 2.81. The minimum atomic E-state index is 0.514. The monoisotopic (exact) mass is 150 g/mol. The second-order valence-electron chi connectivity index (χ2n) is 2.81. The first-order valence-electron chi connectivity index (χ1n) is 4.00. The van der Waals surface area contributed by atoms with Crippen molar-refractivity contribution in [2.24, 2.45) is 0 Å². The molecule has 0 saturated carbocycles. The summed E-state index contributed by atoms with van der Waals surface area (Å²) in [4.78, 5) is 0. The van der Waals surface area contributed by atoms with Gasteiger partial charge in [0.2, 0.25) is 0 Å². The Balaban J connectivity index is 2.87. The Labute approximate surface area is 67.7 Å². The molecule has 0 spiro atoms. The van der Waals surface area contributed by atoms with Crippen molar-refractivity contribution < 1.29 is 5.11 Å². The van der Waals surface area contributed by atoms with Crippen LogP contribution in [0, 0.1) is 0 Å². The normalized spacial score (nSPS) is 18.2. The Bertz CT molecular complexity index is 231. The van der Waals surface area contributed by atoms with E-state index in [0.717, 1.165) is 12.0 Å². The van der Waals surface area contributed by atoms with Crippen molar-refractivity contribution >= 4 is 0 Å². The Morgan fingerprint density at radius 1 is 1.45 bits per heavy atom. The third-order valence-corrected chi connectivity index (χ3v) is 1.92. The van der Waals surface area contributed by atoms with Gasteiger partial charge < -0.3 is 5.11 Å². The van der Waals surface area contributed by atoms with Gasteiger partial charge in [-0.05, 0) is 18.9 Å². The predicted molar refractivity (Wildman–Crippen MR) is 47.5 cm³/mol. The van der Waals surface area contributed by atoms with Gasteiger partial charge >= 0.3 is 0 Å². The zero-order chi connectivity index (χ0) is 8.27. The Hall–Kier alpha value is -0.980. The van der Waals surface area contributed by atoms with Crippen LogP contribution in [0.25, 0.3) is 0 Å². The van der Waals surface area contributed by atoms with E-state index >= 15 is 0 Å². The molecule has 0 bridgehead atoms. The molecule has 1 aliphatic carbocycles. The molecule has 1 N–H and O–H groups in total. The van der Waals surface area contributed by atoms with Crippen LogP contribution >= 0.6 is 0 Å². The van der Waals surface area contributed by atoms with Gasteiger partial charge in [-0.15, -0.1) is 0 Å². The van der Waals surface area contributed by atoms with Crippen molar-refractivity contribution in [1.82, 2.24) is 0 Å². The third-order valence-electron chi connectivity index (χ3n) is 1.92. The third kappa shape index (κ3) is 1.97. The number of rotatable bonds is 1. The lowest BCUT2D eigenvalue weighted by Gasteiger charge is -1.98. The van der Waals surface area contributed by atoms with Crippen molar-refractivity contribution in [1.29, 1.82) is 0 Å². The molecule has 0 amide bonds. The highest BCUT2D eigenvalue weighted by Crippen LogP contribution is 2.17. The minimum absolute atomic E-state index is 0.514. The average Bonchev–Trinajstić information content (AvgIpc) is 2.15. The van der Waals surface area contributed by atoms with Crippen molar-refractivity contribution in [2.75, 3.05) is 0 Å². The molecule has 11 heavy (non-hydrogen) atoms. The summed E-state index contributed by atoms with van der Waals surface area (Å²) in [6.07, 6.45) is 7.66. The van der Waals surface area contributed by atoms with Crippen LogP contribution in [0.4, 0.5) is 0 Å². The van der Waals surface area contributed by atoms with Gasteiger partial charge in [-0.3, -0.25) is 0 Å². The van der Waals surface area contributed by atoms with Gasteiger partial charge in [0.05, 0.1) is 5.76 Å². The molecule has 0 fully saturated rings. The smallest absolute Gasteiger partial charge is 0.0992 e. The second kappa shape index (κ2) is 3.42.